The number of rotatable bonds is 6. The third-order valence-corrected chi connectivity index (χ3v) is 9.93. The Hall–Kier alpha value is -2.42. The van der Waals surface area contributed by atoms with E-state index in [4.69, 9.17) is 4.74 Å². The number of nitrogens with one attached hydrogen (secondary N) is 2. The molecule has 2 unspecified atom stereocenters. The Balaban J connectivity index is 1.33. The fourth-order valence-electron chi connectivity index (χ4n) is 7.47. The summed E-state index contributed by atoms with van der Waals surface area (Å²) >= 11 is 1.43. The number of carbonyl (C=O) groups excluding carboxylic acids is 2. The fraction of sp³-hybridized carbons (Fsp3) is 0.538. The zero-order chi connectivity index (χ0) is 23.1. The van der Waals surface area contributed by atoms with Crippen LogP contribution < -0.4 is 15.4 Å². The van der Waals surface area contributed by atoms with Crippen LogP contribution in [0.1, 0.15) is 52.9 Å². The molecule has 2 aliphatic heterocycles. The Bertz CT molecular complexity index is 1170. The predicted molar refractivity (Wildman–Crippen MR) is 128 cm³/mol. The largest absolute Gasteiger partial charge is 0.485 e. The molecule has 7 nitrogen and oxygen atoms in total. The van der Waals surface area contributed by atoms with E-state index in [0.29, 0.717) is 35.6 Å². The van der Waals surface area contributed by atoms with E-state index in [1.807, 2.05) is 23.6 Å². The van der Waals surface area contributed by atoms with Crippen LogP contribution in [-0.4, -0.2) is 59.2 Å². The molecule has 1 aromatic carbocycles. The number of piperidine rings is 1. The van der Waals surface area contributed by atoms with Crippen LogP contribution in [0.2, 0.25) is 0 Å². The molecular weight excluding hydrogens is 450 g/mol. The van der Waals surface area contributed by atoms with Gasteiger partial charge in [0.25, 0.3) is 5.91 Å². The second kappa shape index (κ2) is 7.29. The highest BCUT2D eigenvalue weighted by Crippen LogP contribution is 2.65. The van der Waals surface area contributed by atoms with Gasteiger partial charge < -0.3 is 20.5 Å². The number of nitrogens with zero attached hydrogens (tertiary/aromatic N) is 1. The zero-order valence-electron chi connectivity index (χ0n) is 19.0. The standard InChI is InChI=1S/C26H29N3O4S/c30-14-27-17-6-5-16-12-20-26(32)8-7-18(28-24(31)19-2-1-11-34-19)23-25(26,21(16)22(17)33-23)9-10-29(20)13-15-3-4-15/h1-2,5-6,11,14-15,18,20,23,32H,3-4,7-10,12-13H2,(H,27,30)(H,28,31)/t18?,20-,23?,25+,26-/m1/s1. The van der Waals surface area contributed by atoms with Gasteiger partial charge in [-0.15, -0.1) is 11.3 Å². The van der Waals surface area contributed by atoms with Crippen LogP contribution in [0.25, 0.3) is 0 Å². The van der Waals surface area contributed by atoms with Crippen molar-refractivity contribution < 1.29 is 19.4 Å². The normalized spacial score (nSPS) is 35.3. The van der Waals surface area contributed by atoms with Crippen molar-refractivity contribution in [2.75, 3.05) is 18.4 Å². The smallest absolute Gasteiger partial charge is 0.261 e. The number of aliphatic hydroxyl groups is 1. The predicted octanol–water partition coefficient (Wildman–Crippen LogP) is 2.68. The van der Waals surface area contributed by atoms with Crippen LogP contribution >= 0.6 is 11.3 Å². The van der Waals surface area contributed by atoms with Crippen molar-refractivity contribution in [1.29, 1.82) is 0 Å². The summed E-state index contributed by atoms with van der Waals surface area (Å²) < 4.78 is 6.68. The molecular formula is C26H29N3O4S. The number of ether oxygens (including phenoxy) is 1. The average molecular weight is 480 g/mol. The Labute approximate surface area is 202 Å². The van der Waals surface area contributed by atoms with Gasteiger partial charge in [-0.2, -0.15) is 0 Å². The van der Waals surface area contributed by atoms with Gasteiger partial charge in [-0.3, -0.25) is 14.5 Å². The Morgan fingerprint density at radius 3 is 2.91 bits per heavy atom. The van der Waals surface area contributed by atoms with Crippen LogP contribution in [0.15, 0.2) is 29.6 Å². The van der Waals surface area contributed by atoms with Crippen LogP contribution in [0.3, 0.4) is 0 Å². The van der Waals surface area contributed by atoms with Crippen LogP contribution in [0.5, 0.6) is 5.75 Å². The second-order valence-electron chi connectivity index (χ2n) is 10.7. The molecule has 2 aromatic rings. The maximum absolute atomic E-state index is 13.0. The molecule has 5 aliphatic rings. The summed E-state index contributed by atoms with van der Waals surface area (Å²) in [5.41, 5.74) is 1.39. The Kier molecular flexibility index (Phi) is 4.48. The van der Waals surface area contributed by atoms with Gasteiger partial charge in [0.15, 0.2) is 0 Å². The summed E-state index contributed by atoms with van der Waals surface area (Å²) in [6.45, 7) is 1.97. The summed E-state index contributed by atoms with van der Waals surface area (Å²) in [5, 5.41) is 20.5. The van der Waals surface area contributed by atoms with Crippen LogP contribution in [0, 0.1) is 5.92 Å². The van der Waals surface area contributed by atoms with E-state index in [1.54, 1.807) is 0 Å². The summed E-state index contributed by atoms with van der Waals surface area (Å²) in [4.78, 5) is 27.6. The van der Waals surface area contributed by atoms with Gasteiger partial charge in [0.05, 0.1) is 27.6 Å². The molecule has 3 heterocycles. The molecule has 1 aromatic heterocycles. The maximum atomic E-state index is 13.0. The lowest BCUT2D eigenvalue weighted by molar-refractivity contribution is -0.190. The van der Waals surface area contributed by atoms with Crippen LogP contribution in [-0.2, 0) is 16.6 Å². The molecule has 7 rings (SSSR count). The third kappa shape index (κ3) is 2.70. The van der Waals surface area contributed by atoms with E-state index in [0.717, 1.165) is 37.4 Å². The molecule has 3 fully saturated rings. The zero-order valence-corrected chi connectivity index (χ0v) is 19.8. The van der Waals surface area contributed by atoms with Crippen molar-refractivity contribution in [2.45, 2.75) is 67.7 Å². The van der Waals surface area contributed by atoms with Crippen molar-refractivity contribution >= 4 is 29.3 Å². The lowest BCUT2D eigenvalue weighted by Crippen LogP contribution is -2.78. The highest BCUT2D eigenvalue weighted by Gasteiger charge is 2.73. The van der Waals surface area contributed by atoms with E-state index in [-0.39, 0.29) is 24.1 Å². The second-order valence-corrected chi connectivity index (χ2v) is 11.6. The average Bonchev–Trinajstić information content (AvgIpc) is 3.32. The topological polar surface area (TPSA) is 90.9 Å². The first-order chi connectivity index (χ1) is 16.5. The Morgan fingerprint density at radius 1 is 1.26 bits per heavy atom. The lowest BCUT2D eigenvalue weighted by Gasteiger charge is -2.64. The molecule has 1 saturated heterocycles. The monoisotopic (exact) mass is 479 g/mol. The van der Waals surface area contributed by atoms with Crippen molar-refractivity contribution in [1.82, 2.24) is 10.2 Å². The van der Waals surface area contributed by atoms with Gasteiger partial charge in [0.2, 0.25) is 6.41 Å². The quantitative estimate of drug-likeness (QED) is 0.555. The number of carbonyl (C=O) groups is 2. The number of hydrogen-bond acceptors (Lipinski definition) is 6. The summed E-state index contributed by atoms with van der Waals surface area (Å²) in [7, 11) is 0. The van der Waals surface area contributed by atoms with Crippen molar-refractivity contribution in [3.63, 3.8) is 0 Å². The summed E-state index contributed by atoms with van der Waals surface area (Å²) in [6.07, 6.45) is 5.74. The molecule has 2 amide bonds. The maximum Gasteiger partial charge on any atom is 0.261 e. The number of thiophene rings is 1. The van der Waals surface area contributed by atoms with E-state index in [1.165, 1.54) is 29.7 Å². The number of hydrogen-bond donors (Lipinski definition) is 3. The highest BCUT2D eigenvalue weighted by molar-refractivity contribution is 7.12. The number of likely N-dealkylation sites (tertiary alicyclic amines) is 1. The van der Waals surface area contributed by atoms with E-state index >= 15 is 0 Å². The van der Waals surface area contributed by atoms with Gasteiger partial charge in [0.1, 0.15) is 11.9 Å². The minimum Gasteiger partial charge on any atom is -0.485 e. The minimum atomic E-state index is -0.924. The summed E-state index contributed by atoms with van der Waals surface area (Å²) in [6, 6.07) is 7.56. The first-order valence-electron chi connectivity index (χ1n) is 12.4. The minimum absolute atomic E-state index is 0.0465. The lowest BCUT2D eigenvalue weighted by atomic mass is 9.48. The fourth-order valence-corrected chi connectivity index (χ4v) is 8.09. The number of amides is 2. The molecule has 0 radical (unpaired) electrons. The third-order valence-electron chi connectivity index (χ3n) is 9.06. The molecule has 2 saturated carbocycles. The van der Waals surface area contributed by atoms with Gasteiger partial charge in [0, 0.05) is 18.2 Å². The first kappa shape index (κ1) is 20.9. The van der Waals surface area contributed by atoms with Crippen molar-refractivity contribution in [3.8, 4) is 5.75 Å². The Morgan fingerprint density at radius 2 is 2.15 bits per heavy atom. The van der Waals surface area contributed by atoms with E-state index in [2.05, 4.69) is 21.6 Å². The molecule has 34 heavy (non-hydrogen) atoms. The molecule has 1 spiro atoms. The van der Waals surface area contributed by atoms with Crippen molar-refractivity contribution in [2.24, 2.45) is 5.92 Å². The molecule has 8 heteroatoms. The molecule has 2 bridgehead atoms. The number of benzene rings is 1. The van der Waals surface area contributed by atoms with Gasteiger partial charge in [-0.1, -0.05) is 12.1 Å². The van der Waals surface area contributed by atoms with Crippen molar-refractivity contribution in [3.05, 3.63) is 45.6 Å². The summed E-state index contributed by atoms with van der Waals surface area (Å²) in [5.74, 6) is 1.34. The van der Waals surface area contributed by atoms with E-state index < -0.39 is 11.0 Å². The van der Waals surface area contributed by atoms with Gasteiger partial charge in [-0.25, -0.2) is 0 Å². The van der Waals surface area contributed by atoms with Crippen LogP contribution in [0.4, 0.5) is 5.69 Å². The SMILES string of the molecule is O=CNc1ccc2c3c1OC1C(NC(=O)c4cccs4)CC[C@@]4(O)[C@@H](C2)N(CC2CC2)CC[C@]314. The van der Waals surface area contributed by atoms with Gasteiger partial charge in [-0.05, 0) is 74.1 Å². The molecule has 5 atom stereocenters. The van der Waals surface area contributed by atoms with E-state index in [9.17, 15) is 14.7 Å². The van der Waals surface area contributed by atoms with Gasteiger partial charge >= 0.3 is 0 Å². The molecule has 3 aliphatic carbocycles. The molecule has 178 valence electrons. The number of anilines is 1. The first-order valence-corrected chi connectivity index (χ1v) is 13.3. The molecule has 3 N–H and O–H groups in total. The highest BCUT2D eigenvalue weighted by atomic mass is 32.1.